The summed E-state index contributed by atoms with van der Waals surface area (Å²) in [4.78, 5) is 4.58. The Labute approximate surface area is 169 Å². The van der Waals surface area contributed by atoms with Crippen LogP contribution >= 0.6 is 39.9 Å². The lowest BCUT2D eigenvalue weighted by Crippen LogP contribution is -2.52. The summed E-state index contributed by atoms with van der Waals surface area (Å²) in [6.07, 6.45) is 3.43. The molecule has 1 fully saturated rings. The molecule has 140 valence electrons. The molecule has 0 spiro atoms. The van der Waals surface area contributed by atoms with Gasteiger partial charge in [-0.05, 0) is 64.7 Å². The lowest BCUT2D eigenvalue weighted by atomic mass is 9.95. The van der Waals surface area contributed by atoms with E-state index < -0.39 is 13.9 Å². The summed E-state index contributed by atoms with van der Waals surface area (Å²) >= 11 is 10.2. The molecule has 25 heavy (non-hydrogen) atoms. The Kier molecular flexibility index (Phi) is 6.77. The molecule has 1 saturated heterocycles. The highest BCUT2D eigenvalue weighted by molar-refractivity contribution is 9.10. The van der Waals surface area contributed by atoms with Crippen molar-refractivity contribution in [2.75, 3.05) is 19.5 Å². The second-order valence-corrected chi connectivity index (χ2v) is 14.8. The Morgan fingerprint density at radius 2 is 2.12 bits per heavy atom. The highest BCUT2D eigenvalue weighted by atomic mass is 79.9. The van der Waals surface area contributed by atoms with Gasteiger partial charge < -0.3 is 13.9 Å². The van der Waals surface area contributed by atoms with Crippen molar-refractivity contribution in [3.8, 4) is 0 Å². The van der Waals surface area contributed by atoms with Gasteiger partial charge in [0.1, 0.15) is 6.10 Å². The molecule has 0 saturated carbocycles. The molecule has 0 amide bonds. The van der Waals surface area contributed by atoms with Gasteiger partial charge in [-0.1, -0.05) is 32.5 Å². The number of rotatable bonds is 4. The minimum atomic E-state index is -2.01. The van der Waals surface area contributed by atoms with E-state index in [2.05, 4.69) is 54.8 Å². The van der Waals surface area contributed by atoms with Gasteiger partial charge in [0.15, 0.2) is 8.32 Å². The van der Waals surface area contributed by atoms with E-state index in [1.54, 1.807) is 6.20 Å². The van der Waals surface area contributed by atoms with E-state index in [1.807, 2.05) is 18.4 Å². The van der Waals surface area contributed by atoms with Crippen molar-refractivity contribution in [3.05, 3.63) is 28.5 Å². The van der Waals surface area contributed by atoms with Gasteiger partial charge in [-0.3, -0.25) is 4.98 Å². The summed E-state index contributed by atoms with van der Waals surface area (Å²) < 4.78 is 20.1. The largest absolute Gasteiger partial charge is 0.460 e. The second kappa shape index (κ2) is 7.94. The molecular formula is C17H26BrNO3S2Si. The molecular weight excluding hydrogens is 438 g/mol. The Morgan fingerprint density at radius 1 is 1.44 bits per heavy atom. The van der Waals surface area contributed by atoms with Crippen LogP contribution in [-0.4, -0.2) is 43.3 Å². The number of thiocarbonyl (C=S) groups is 1. The Hall–Kier alpha value is 0.00688. The van der Waals surface area contributed by atoms with Gasteiger partial charge in [-0.25, -0.2) is 0 Å². The third-order valence-electron chi connectivity index (χ3n) is 4.94. The average molecular weight is 465 g/mol. The monoisotopic (exact) mass is 463 g/mol. The summed E-state index contributed by atoms with van der Waals surface area (Å²) in [5, 5.41) is 0.0918. The number of pyridine rings is 1. The highest BCUT2D eigenvalue weighted by Gasteiger charge is 2.54. The number of halogens is 1. The number of ether oxygens (including phenoxy) is 2. The SMILES string of the molecule is CSC(=S)OC1(c2ccc(Br)cn2)COCC1O[Si](C)(C)C(C)(C)C. The summed E-state index contributed by atoms with van der Waals surface area (Å²) in [6.45, 7) is 12.0. The maximum atomic E-state index is 6.68. The summed E-state index contributed by atoms with van der Waals surface area (Å²) in [6, 6.07) is 3.90. The first-order chi connectivity index (χ1) is 11.5. The Morgan fingerprint density at radius 3 is 2.64 bits per heavy atom. The van der Waals surface area contributed by atoms with Crippen molar-refractivity contribution in [2.45, 2.75) is 50.6 Å². The van der Waals surface area contributed by atoms with Crippen molar-refractivity contribution < 1.29 is 13.9 Å². The van der Waals surface area contributed by atoms with Gasteiger partial charge >= 0.3 is 0 Å². The molecule has 2 rings (SSSR count). The number of hydrogen-bond donors (Lipinski definition) is 0. The number of hydrogen-bond acceptors (Lipinski definition) is 6. The van der Waals surface area contributed by atoms with E-state index in [-0.39, 0.29) is 11.1 Å². The minimum absolute atomic E-state index is 0.0918. The summed E-state index contributed by atoms with van der Waals surface area (Å²) in [7, 11) is -2.01. The number of aromatic nitrogens is 1. The normalized spacial score (nSPS) is 24.4. The van der Waals surface area contributed by atoms with Gasteiger partial charge in [0, 0.05) is 10.7 Å². The molecule has 8 heteroatoms. The molecule has 2 atom stereocenters. The van der Waals surface area contributed by atoms with Gasteiger partial charge in [-0.2, -0.15) is 0 Å². The fourth-order valence-electron chi connectivity index (χ4n) is 2.41. The maximum Gasteiger partial charge on any atom is 0.220 e. The average Bonchev–Trinajstić information content (AvgIpc) is 2.89. The van der Waals surface area contributed by atoms with E-state index in [0.717, 1.165) is 10.2 Å². The van der Waals surface area contributed by atoms with Crippen LogP contribution in [0.3, 0.4) is 0 Å². The Balaban J connectivity index is 2.42. The van der Waals surface area contributed by atoms with Gasteiger partial charge in [0.2, 0.25) is 9.98 Å². The molecule has 2 heterocycles. The van der Waals surface area contributed by atoms with Crippen LogP contribution in [0.5, 0.6) is 0 Å². The van der Waals surface area contributed by atoms with Crippen LogP contribution in [0, 0.1) is 0 Å². The molecule has 1 aromatic rings. The van der Waals surface area contributed by atoms with Crippen LogP contribution in [0.25, 0.3) is 0 Å². The zero-order valence-corrected chi connectivity index (χ0v) is 19.8. The fourth-order valence-corrected chi connectivity index (χ4v) is 4.35. The molecule has 0 radical (unpaired) electrons. The van der Waals surface area contributed by atoms with Crippen LogP contribution < -0.4 is 0 Å². The third-order valence-corrected chi connectivity index (χ3v) is 10.9. The lowest BCUT2D eigenvalue weighted by Gasteiger charge is -2.42. The van der Waals surface area contributed by atoms with Crippen LogP contribution in [0.2, 0.25) is 18.1 Å². The standard InChI is InChI=1S/C17H26BrNO3S2Si/c1-16(2,3)25(5,6)22-14-10-20-11-17(14,21-15(23)24-4)13-8-7-12(18)9-19-13/h7-9,14H,10-11H2,1-6H3. The van der Waals surface area contributed by atoms with Crippen molar-refractivity contribution in [1.29, 1.82) is 0 Å². The molecule has 1 aromatic heterocycles. The minimum Gasteiger partial charge on any atom is -0.460 e. The van der Waals surface area contributed by atoms with Gasteiger partial charge in [0.05, 0.1) is 18.9 Å². The lowest BCUT2D eigenvalue weighted by molar-refractivity contribution is -0.0272. The van der Waals surface area contributed by atoms with Gasteiger partial charge in [0.25, 0.3) is 0 Å². The third kappa shape index (κ3) is 4.65. The first kappa shape index (κ1) is 21.3. The molecule has 0 aliphatic carbocycles. The maximum absolute atomic E-state index is 6.68. The molecule has 0 aromatic carbocycles. The topological polar surface area (TPSA) is 40.6 Å². The van der Waals surface area contributed by atoms with Crippen LogP contribution in [-0.2, 0) is 19.5 Å². The van der Waals surface area contributed by atoms with E-state index >= 15 is 0 Å². The number of nitrogens with zero attached hydrogens (tertiary/aromatic N) is 1. The second-order valence-electron chi connectivity index (χ2n) is 7.69. The van der Waals surface area contributed by atoms with E-state index in [9.17, 15) is 0 Å². The molecule has 0 N–H and O–H groups in total. The quantitative estimate of drug-likeness (QED) is 0.455. The van der Waals surface area contributed by atoms with E-state index in [0.29, 0.717) is 17.6 Å². The highest BCUT2D eigenvalue weighted by Crippen LogP contribution is 2.43. The van der Waals surface area contributed by atoms with Crippen LogP contribution in [0.15, 0.2) is 22.8 Å². The van der Waals surface area contributed by atoms with Crippen molar-refractivity contribution in [3.63, 3.8) is 0 Å². The van der Waals surface area contributed by atoms with Crippen molar-refractivity contribution in [2.24, 2.45) is 0 Å². The van der Waals surface area contributed by atoms with Crippen molar-refractivity contribution in [1.82, 2.24) is 4.98 Å². The van der Waals surface area contributed by atoms with E-state index in [4.69, 9.17) is 26.1 Å². The first-order valence-corrected chi connectivity index (χ1v) is 13.5. The fraction of sp³-hybridized carbons (Fsp3) is 0.647. The first-order valence-electron chi connectivity index (χ1n) is 8.16. The predicted molar refractivity (Wildman–Crippen MR) is 114 cm³/mol. The molecule has 4 nitrogen and oxygen atoms in total. The zero-order valence-electron chi connectivity index (χ0n) is 15.6. The smallest absolute Gasteiger partial charge is 0.220 e. The molecule has 2 unspecified atom stereocenters. The summed E-state index contributed by atoms with van der Waals surface area (Å²) in [5.74, 6) is 0. The van der Waals surface area contributed by atoms with Crippen LogP contribution in [0.1, 0.15) is 26.5 Å². The van der Waals surface area contributed by atoms with Crippen LogP contribution in [0.4, 0.5) is 0 Å². The molecule has 1 aliphatic rings. The summed E-state index contributed by atoms with van der Waals surface area (Å²) in [5.41, 5.74) is -0.0237. The predicted octanol–water partition coefficient (Wildman–Crippen LogP) is 5.12. The Bertz CT molecular complexity index is 621. The molecule has 0 bridgehead atoms. The number of thioether (sulfide) groups is 1. The molecule has 1 aliphatic heterocycles. The van der Waals surface area contributed by atoms with E-state index in [1.165, 1.54) is 11.8 Å². The zero-order chi connectivity index (χ0) is 18.9. The van der Waals surface area contributed by atoms with Crippen molar-refractivity contribution >= 4 is 52.6 Å². The van der Waals surface area contributed by atoms with Gasteiger partial charge in [-0.15, -0.1) is 0 Å².